The van der Waals surface area contributed by atoms with Crippen LogP contribution in [0.4, 0.5) is 10.8 Å². The number of nitrogens with zero attached hydrogens (tertiary/aromatic N) is 3. The normalized spacial score (nSPS) is 10.9. The number of rotatable bonds is 5. The minimum Gasteiger partial charge on any atom is -0.318 e. The first-order valence-corrected chi connectivity index (χ1v) is 8.61. The number of pyridine rings is 1. The van der Waals surface area contributed by atoms with E-state index < -0.39 is 0 Å². The maximum Gasteiger partial charge on any atom is 0.282 e. The molecule has 2 aromatic heterocycles. The fourth-order valence-electron chi connectivity index (χ4n) is 2.38. The zero-order chi connectivity index (χ0) is 16.2. The minimum atomic E-state index is -0.213. The number of aryl methyl sites for hydroxylation is 1. The van der Waals surface area contributed by atoms with Crippen LogP contribution in [-0.2, 0) is 0 Å². The molecule has 0 atom stereocenters. The molecule has 3 aromatic rings. The molecule has 4 nitrogen and oxygen atoms in total. The van der Waals surface area contributed by atoms with Crippen molar-refractivity contribution in [3.05, 3.63) is 58.5 Å². The summed E-state index contributed by atoms with van der Waals surface area (Å²) in [5.74, 6) is 0. The van der Waals surface area contributed by atoms with Crippen LogP contribution in [0.5, 0.6) is 0 Å². The van der Waals surface area contributed by atoms with Crippen LogP contribution < -0.4 is 10.5 Å². The van der Waals surface area contributed by atoms with E-state index in [0.29, 0.717) is 10.5 Å². The van der Waals surface area contributed by atoms with Gasteiger partial charge in [0.2, 0.25) is 0 Å². The van der Waals surface area contributed by atoms with Crippen LogP contribution in [0, 0.1) is 6.92 Å². The lowest BCUT2D eigenvalue weighted by molar-refractivity contribution is 0.783. The number of unbranched alkanes of at least 4 members (excludes halogenated alkanes) is 1. The standard InChI is InChI=1S/C18H19N3OS/c1-3-4-12-21(14-9-7-13(2)8-10-14)18-20-16(22)15-6-5-11-19-17(15)23-18/h5-11H,3-4,12H2,1-2H3. The third-order valence-electron chi connectivity index (χ3n) is 3.70. The van der Waals surface area contributed by atoms with Gasteiger partial charge in [0, 0.05) is 18.4 Å². The van der Waals surface area contributed by atoms with Crippen LogP contribution in [0.25, 0.3) is 10.2 Å². The summed E-state index contributed by atoms with van der Waals surface area (Å²) in [5, 5.41) is 1.29. The van der Waals surface area contributed by atoms with E-state index in [1.165, 1.54) is 16.9 Å². The maximum atomic E-state index is 12.3. The highest BCUT2D eigenvalue weighted by molar-refractivity contribution is 7.21. The third-order valence-corrected chi connectivity index (χ3v) is 4.71. The van der Waals surface area contributed by atoms with Crippen LogP contribution >= 0.6 is 11.3 Å². The monoisotopic (exact) mass is 325 g/mol. The van der Waals surface area contributed by atoms with E-state index in [2.05, 4.69) is 53.0 Å². The summed E-state index contributed by atoms with van der Waals surface area (Å²) in [4.78, 5) is 23.8. The smallest absolute Gasteiger partial charge is 0.282 e. The second-order valence-corrected chi connectivity index (χ2v) is 6.45. The molecule has 2 heterocycles. The van der Waals surface area contributed by atoms with Crippen LogP contribution in [0.3, 0.4) is 0 Å². The van der Waals surface area contributed by atoms with Gasteiger partial charge in [0.05, 0.1) is 5.39 Å². The van der Waals surface area contributed by atoms with Crippen LogP contribution in [-0.4, -0.2) is 16.5 Å². The Bertz CT molecular complexity index is 858. The van der Waals surface area contributed by atoms with Gasteiger partial charge < -0.3 is 4.90 Å². The zero-order valence-electron chi connectivity index (χ0n) is 13.3. The summed E-state index contributed by atoms with van der Waals surface area (Å²) in [6, 6.07) is 11.9. The van der Waals surface area contributed by atoms with Crippen molar-refractivity contribution in [2.45, 2.75) is 26.7 Å². The van der Waals surface area contributed by atoms with Crippen molar-refractivity contribution < 1.29 is 0 Å². The number of fused-ring (bicyclic) bond motifs is 1. The van der Waals surface area contributed by atoms with Crippen molar-refractivity contribution in [3.8, 4) is 0 Å². The van der Waals surface area contributed by atoms with Crippen LogP contribution in [0.15, 0.2) is 47.4 Å². The average Bonchev–Trinajstić information content (AvgIpc) is 2.57. The SMILES string of the molecule is CCCCN(c1ccc(C)cc1)c1nc(=O)c2cccnc2s1. The van der Waals surface area contributed by atoms with E-state index in [9.17, 15) is 4.79 Å². The van der Waals surface area contributed by atoms with Gasteiger partial charge in [-0.3, -0.25) is 4.79 Å². The molecular weight excluding hydrogens is 306 g/mol. The molecular formula is C18H19N3OS. The minimum absolute atomic E-state index is 0.213. The van der Waals surface area contributed by atoms with Crippen LogP contribution in [0.2, 0.25) is 0 Å². The number of aromatic nitrogens is 2. The molecule has 0 radical (unpaired) electrons. The van der Waals surface area contributed by atoms with Gasteiger partial charge in [0.1, 0.15) is 4.83 Å². The first-order valence-electron chi connectivity index (χ1n) is 7.79. The van der Waals surface area contributed by atoms with Crippen molar-refractivity contribution in [3.63, 3.8) is 0 Å². The fourth-order valence-corrected chi connectivity index (χ4v) is 3.37. The summed E-state index contributed by atoms with van der Waals surface area (Å²) < 4.78 is 0. The predicted octanol–water partition coefficient (Wildman–Crippen LogP) is 4.30. The summed E-state index contributed by atoms with van der Waals surface area (Å²) in [5.41, 5.74) is 2.06. The molecule has 0 spiro atoms. The number of hydrogen-bond acceptors (Lipinski definition) is 5. The van der Waals surface area contributed by atoms with Gasteiger partial charge in [0.15, 0.2) is 5.13 Å². The van der Waals surface area contributed by atoms with Gasteiger partial charge in [-0.05, 0) is 37.6 Å². The van der Waals surface area contributed by atoms with Crippen molar-refractivity contribution in [1.82, 2.24) is 9.97 Å². The first-order chi connectivity index (χ1) is 11.2. The predicted molar refractivity (Wildman–Crippen MR) is 96.8 cm³/mol. The van der Waals surface area contributed by atoms with E-state index in [0.717, 1.165) is 29.9 Å². The van der Waals surface area contributed by atoms with Crippen molar-refractivity contribution >= 4 is 32.4 Å². The molecule has 3 rings (SSSR count). The molecule has 0 bridgehead atoms. The number of hydrogen-bond donors (Lipinski definition) is 0. The van der Waals surface area contributed by atoms with E-state index in [-0.39, 0.29) is 5.56 Å². The number of benzene rings is 1. The Morgan fingerprint density at radius 3 is 2.70 bits per heavy atom. The first kappa shape index (κ1) is 15.6. The second-order valence-electron chi connectivity index (χ2n) is 5.50. The summed E-state index contributed by atoms with van der Waals surface area (Å²) in [7, 11) is 0. The van der Waals surface area contributed by atoms with Crippen molar-refractivity contribution in [2.75, 3.05) is 11.4 Å². The lowest BCUT2D eigenvalue weighted by atomic mass is 10.2. The van der Waals surface area contributed by atoms with Gasteiger partial charge in [0.25, 0.3) is 5.56 Å². The highest BCUT2D eigenvalue weighted by Gasteiger charge is 2.14. The molecule has 0 aliphatic carbocycles. The molecule has 5 heteroatoms. The van der Waals surface area contributed by atoms with Crippen LogP contribution in [0.1, 0.15) is 25.3 Å². The summed E-state index contributed by atoms with van der Waals surface area (Å²) in [6.45, 7) is 5.06. The van der Waals surface area contributed by atoms with Gasteiger partial charge >= 0.3 is 0 Å². The molecule has 118 valence electrons. The fraction of sp³-hybridized carbons (Fsp3) is 0.278. The highest BCUT2D eigenvalue weighted by atomic mass is 32.1. The van der Waals surface area contributed by atoms with Crippen molar-refractivity contribution in [1.29, 1.82) is 0 Å². The maximum absolute atomic E-state index is 12.3. The molecule has 0 saturated heterocycles. The Hall–Kier alpha value is -2.27. The van der Waals surface area contributed by atoms with E-state index in [1.54, 1.807) is 18.3 Å². The summed E-state index contributed by atoms with van der Waals surface area (Å²) >= 11 is 1.46. The van der Waals surface area contributed by atoms with Gasteiger partial charge in [-0.15, -0.1) is 0 Å². The molecule has 0 saturated carbocycles. The van der Waals surface area contributed by atoms with Gasteiger partial charge in [-0.25, -0.2) is 4.98 Å². The van der Waals surface area contributed by atoms with Gasteiger partial charge in [-0.1, -0.05) is 42.4 Å². The Morgan fingerprint density at radius 1 is 1.17 bits per heavy atom. The highest BCUT2D eigenvalue weighted by Crippen LogP contribution is 2.29. The lowest BCUT2D eigenvalue weighted by Crippen LogP contribution is -2.21. The molecule has 0 N–H and O–H groups in total. The quantitative estimate of drug-likeness (QED) is 0.702. The van der Waals surface area contributed by atoms with Gasteiger partial charge in [-0.2, -0.15) is 4.98 Å². The third kappa shape index (κ3) is 3.40. The molecule has 0 aliphatic rings. The Morgan fingerprint density at radius 2 is 1.96 bits per heavy atom. The molecule has 0 fully saturated rings. The molecule has 0 aliphatic heterocycles. The molecule has 0 unspecified atom stereocenters. The molecule has 23 heavy (non-hydrogen) atoms. The topological polar surface area (TPSA) is 46.1 Å². The lowest BCUT2D eigenvalue weighted by Gasteiger charge is -2.23. The number of anilines is 2. The molecule has 1 aromatic carbocycles. The Kier molecular flexibility index (Phi) is 4.67. The molecule has 0 amide bonds. The Labute approximate surface area is 139 Å². The largest absolute Gasteiger partial charge is 0.318 e. The zero-order valence-corrected chi connectivity index (χ0v) is 14.1. The average molecular weight is 325 g/mol. The summed E-state index contributed by atoms with van der Waals surface area (Å²) in [6.07, 6.45) is 3.84. The van der Waals surface area contributed by atoms with E-state index in [4.69, 9.17) is 0 Å². The second kappa shape index (κ2) is 6.87. The van der Waals surface area contributed by atoms with E-state index >= 15 is 0 Å². The van der Waals surface area contributed by atoms with E-state index in [1.807, 2.05) is 0 Å². The van der Waals surface area contributed by atoms with Crippen molar-refractivity contribution in [2.24, 2.45) is 0 Å². The Balaban J connectivity index is 2.09.